The van der Waals surface area contributed by atoms with Crippen LogP contribution < -0.4 is 0 Å². The Labute approximate surface area is 330 Å². The lowest BCUT2D eigenvalue weighted by Crippen LogP contribution is -2.67. The van der Waals surface area contributed by atoms with Crippen molar-refractivity contribution in [2.45, 2.75) is 173 Å². The third-order valence-corrected chi connectivity index (χ3v) is 17.4. The molecule has 7 rings (SSSR count). The van der Waals surface area contributed by atoms with Gasteiger partial charge in [0, 0.05) is 5.41 Å². The summed E-state index contributed by atoms with van der Waals surface area (Å²) < 4.78 is 24.3. The zero-order valence-corrected chi connectivity index (χ0v) is 33.9. The van der Waals surface area contributed by atoms with E-state index in [-0.39, 0.29) is 46.0 Å². The van der Waals surface area contributed by atoms with Crippen LogP contribution in [-0.4, -0.2) is 139 Å². The number of hydrogen-bond donors (Lipinski definition) is 9. The molecule has 2 saturated heterocycles. The van der Waals surface area contributed by atoms with Crippen LogP contribution in [0.5, 0.6) is 0 Å². The largest absolute Gasteiger partial charge is 0.481 e. The number of aliphatic carboxylic acids is 1. The van der Waals surface area contributed by atoms with E-state index < -0.39 is 97.5 Å². The van der Waals surface area contributed by atoms with E-state index in [1.54, 1.807) is 0 Å². The Morgan fingerprint density at radius 1 is 0.732 bits per heavy atom. The van der Waals surface area contributed by atoms with Gasteiger partial charge in [0.05, 0.1) is 31.3 Å². The highest BCUT2D eigenvalue weighted by atomic mass is 16.8. The molecule has 2 aliphatic heterocycles. The fourth-order valence-corrected chi connectivity index (χ4v) is 13.7. The molecule has 4 saturated carbocycles. The highest BCUT2D eigenvalue weighted by Gasteiger charge is 2.70. The van der Waals surface area contributed by atoms with Gasteiger partial charge in [0.2, 0.25) is 0 Å². The van der Waals surface area contributed by atoms with Crippen molar-refractivity contribution in [2.24, 2.45) is 50.2 Å². The molecule has 56 heavy (non-hydrogen) atoms. The van der Waals surface area contributed by atoms with Gasteiger partial charge in [-0.1, -0.05) is 53.2 Å². The van der Waals surface area contributed by atoms with E-state index in [9.17, 15) is 50.8 Å². The molecule has 2 heterocycles. The second-order valence-electron chi connectivity index (χ2n) is 20.5. The van der Waals surface area contributed by atoms with Crippen LogP contribution in [0.4, 0.5) is 0 Å². The molecule has 0 spiro atoms. The fraction of sp³-hybridized carbons (Fsp3) is 0.929. The van der Waals surface area contributed by atoms with Crippen molar-refractivity contribution in [1.82, 2.24) is 0 Å². The summed E-state index contributed by atoms with van der Waals surface area (Å²) >= 11 is 0. The summed E-state index contributed by atoms with van der Waals surface area (Å²) in [5.41, 5.74) is -0.607. The molecular formula is C42H68O14. The topological polar surface area (TPSA) is 236 Å². The highest BCUT2D eigenvalue weighted by Crippen LogP contribution is 2.76. The first-order valence-corrected chi connectivity index (χ1v) is 21.0. The summed E-state index contributed by atoms with van der Waals surface area (Å²) in [6.07, 6.45) is -6.00. The number of carbonyl (C=O) groups is 1. The van der Waals surface area contributed by atoms with E-state index in [0.717, 1.165) is 44.9 Å². The molecule has 0 aromatic carbocycles. The normalized spacial score (nSPS) is 54.1. The predicted octanol–water partition coefficient (Wildman–Crippen LogP) is 1.85. The molecule has 0 amide bonds. The molecule has 0 radical (unpaired) electrons. The van der Waals surface area contributed by atoms with Gasteiger partial charge >= 0.3 is 5.97 Å². The molecular weight excluding hydrogens is 728 g/mol. The smallest absolute Gasteiger partial charge is 0.310 e. The quantitative estimate of drug-likeness (QED) is 0.126. The average molecular weight is 797 g/mol. The number of fused-ring (bicyclic) bond motifs is 7. The fourth-order valence-electron chi connectivity index (χ4n) is 13.7. The summed E-state index contributed by atoms with van der Waals surface area (Å²) in [4.78, 5) is 13.1. The van der Waals surface area contributed by atoms with Crippen molar-refractivity contribution in [3.05, 3.63) is 11.6 Å². The van der Waals surface area contributed by atoms with Crippen molar-refractivity contribution >= 4 is 5.97 Å². The summed E-state index contributed by atoms with van der Waals surface area (Å²) in [7, 11) is 0. The number of rotatable bonds is 8. The maximum atomic E-state index is 13.1. The molecule has 19 atom stereocenters. The molecule has 14 nitrogen and oxygen atoms in total. The summed E-state index contributed by atoms with van der Waals surface area (Å²) in [6, 6.07) is 0. The second kappa shape index (κ2) is 14.7. The van der Waals surface area contributed by atoms with Crippen LogP contribution >= 0.6 is 0 Å². The number of allylic oxidation sites excluding steroid dienone is 2. The molecule has 6 fully saturated rings. The highest BCUT2D eigenvalue weighted by molar-refractivity contribution is 5.76. The Bertz CT molecular complexity index is 1500. The summed E-state index contributed by atoms with van der Waals surface area (Å²) in [6.45, 7) is 12.2. The molecule has 14 heteroatoms. The van der Waals surface area contributed by atoms with Crippen LogP contribution in [0.1, 0.15) is 106 Å². The van der Waals surface area contributed by atoms with Gasteiger partial charge in [-0.15, -0.1) is 0 Å². The Hall–Kier alpha value is -1.27. The van der Waals surface area contributed by atoms with Crippen LogP contribution in [0, 0.1) is 50.2 Å². The van der Waals surface area contributed by atoms with Crippen molar-refractivity contribution in [3.8, 4) is 0 Å². The molecule has 0 unspecified atom stereocenters. The zero-order valence-electron chi connectivity index (χ0n) is 33.9. The minimum absolute atomic E-state index is 0.00269. The standard InChI is InChI=1S/C42H68O14/c1-37(2)13-15-42(36(51)52)16-14-40(5)21(22(42)17-37)7-8-26-38(3)11-10-27(39(4,20-45)25(38)9-12-41(26,40)6)55-35-33(31(49)29(47)24(19-44)54-35)56-34-32(50)30(48)28(46)23(18-43)53-34/h7,22-35,43-50H,8-20H2,1-6H3,(H,51,52)/t22-,23+,24+,25+,26-,27-,28-,29+,30-,31-,32+,33+,34-,35-,38-,39-,40+,41+,42-/m0/s1. The molecule has 0 bridgehead atoms. The van der Waals surface area contributed by atoms with Crippen LogP contribution in [0.2, 0.25) is 0 Å². The van der Waals surface area contributed by atoms with E-state index in [1.807, 2.05) is 6.92 Å². The van der Waals surface area contributed by atoms with Gasteiger partial charge in [0.1, 0.15) is 48.8 Å². The lowest BCUT2D eigenvalue weighted by molar-refractivity contribution is -0.379. The maximum Gasteiger partial charge on any atom is 0.310 e. The van der Waals surface area contributed by atoms with Crippen molar-refractivity contribution in [1.29, 1.82) is 0 Å². The van der Waals surface area contributed by atoms with E-state index in [4.69, 9.17) is 18.9 Å². The molecule has 5 aliphatic carbocycles. The summed E-state index contributed by atoms with van der Waals surface area (Å²) in [5.74, 6) is -0.394. The first-order valence-electron chi connectivity index (χ1n) is 21.0. The monoisotopic (exact) mass is 796 g/mol. The number of carboxylic acid groups (broad SMARTS) is 1. The predicted molar refractivity (Wildman–Crippen MR) is 199 cm³/mol. The van der Waals surface area contributed by atoms with Gasteiger partial charge in [-0.2, -0.15) is 0 Å². The molecule has 320 valence electrons. The second-order valence-corrected chi connectivity index (χ2v) is 20.5. The first-order chi connectivity index (χ1) is 26.2. The number of hydrogen-bond acceptors (Lipinski definition) is 13. The van der Waals surface area contributed by atoms with Crippen LogP contribution in [0.25, 0.3) is 0 Å². The summed E-state index contributed by atoms with van der Waals surface area (Å²) in [5, 5.41) is 95.5. The van der Waals surface area contributed by atoms with Crippen molar-refractivity contribution in [3.63, 3.8) is 0 Å². The molecule has 9 N–H and O–H groups in total. The van der Waals surface area contributed by atoms with Gasteiger partial charge in [-0.05, 0) is 104 Å². The van der Waals surface area contributed by atoms with Crippen LogP contribution in [-0.2, 0) is 23.7 Å². The Morgan fingerprint density at radius 2 is 1.36 bits per heavy atom. The zero-order chi connectivity index (χ0) is 41.0. The molecule has 7 aliphatic rings. The van der Waals surface area contributed by atoms with Gasteiger partial charge in [0.25, 0.3) is 0 Å². The number of carboxylic acids is 1. The Morgan fingerprint density at radius 3 is 1.98 bits per heavy atom. The van der Waals surface area contributed by atoms with Gasteiger partial charge < -0.3 is 64.9 Å². The minimum atomic E-state index is -1.79. The van der Waals surface area contributed by atoms with E-state index in [1.165, 1.54) is 5.57 Å². The van der Waals surface area contributed by atoms with E-state index in [2.05, 4.69) is 40.7 Å². The van der Waals surface area contributed by atoms with E-state index in [0.29, 0.717) is 19.3 Å². The van der Waals surface area contributed by atoms with Crippen molar-refractivity contribution < 1.29 is 69.7 Å². The number of ether oxygens (including phenoxy) is 4. The van der Waals surface area contributed by atoms with Gasteiger partial charge in [-0.25, -0.2) is 0 Å². The van der Waals surface area contributed by atoms with E-state index >= 15 is 0 Å². The first kappa shape index (κ1) is 42.8. The lowest BCUT2D eigenvalue weighted by atomic mass is 9.33. The molecule has 0 aromatic heterocycles. The minimum Gasteiger partial charge on any atom is -0.481 e. The third-order valence-electron chi connectivity index (χ3n) is 17.4. The third kappa shape index (κ3) is 6.21. The van der Waals surface area contributed by atoms with Gasteiger partial charge in [0.15, 0.2) is 12.6 Å². The van der Waals surface area contributed by atoms with Crippen LogP contribution in [0.3, 0.4) is 0 Å². The molecule has 0 aromatic rings. The number of aliphatic hydroxyl groups excluding tert-OH is 8. The maximum absolute atomic E-state index is 13.1. The SMILES string of the molecule is CC1(C)CC[C@]2(C(=O)O)CC[C@]3(C)C(=CC[C@H]4[C@@]5(C)CC[C@H](O[C@@H]6O[C@H](CO)[C@@H](O)[C@H](O)[C@H]6O[C@@H]6O[C@H](CO)[C@H](O)[C@H](O)[C@H]6O)[C@@](C)(CO)[C@@H]5CC[C@]43C)[C@@H]2C1. The van der Waals surface area contributed by atoms with Crippen LogP contribution in [0.15, 0.2) is 11.6 Å². The average Bonchev–Trinajstić information content (AvgIpc) is 3.15. The Kier molecular flexibility index (Phi) is 11.3. The Balaban J connectivity index is 1.17. The number of aliphatic hydroxyl groups is 8. The van der Waals surface area contributed by atoms with Crippen molar-refractivity contribution in [2.75, 3.05) is 19.8 Å². The lowest BCUT2D eigenvalue weighted by Gasteiger charge is -2.71. The van der Waals surface area contributed by atoms with Gasteiger partial charge in [-0.3, -0.25) is 4.79 Å².